The van der Waals surface area contributed by atoms with Crippen LogP contribution in [0.25, 0.3) is 0 Å². The van der Waals surface area contributed by atoms with Gasteiger partial charge in [-0.2, -0.15) is 0 Å². The first kappa shape index (κ1) is 52.0. The van der Waals surface area contributed by atoms with Gasteiger partial charge in [0.2, 0.25) is 0 Å². The number of hydrogen-bond donors (Lipinski definition) is 0. The number of thioether (sulfide) groups is 1. The monoisotopic (exact) mass is 784 g/mol. The number of carbonyl (C=O) groups is 1. The minimum atomic E-state index is -4.47. The molecule has 0 aromatic heterocycles. The predicted octanol–water partition coefficient (Wildman–Crippen LogP) is 12.5. The molecule has 0 aromatic carbocycles. The van der Waals surface area contributed by atoms with Crippen molar-refractivity contribution in [3.8, 4) is 0 Å². The van der Waals surface area contributed by atoms with E-state index in [2.05, 4.69) is 62.5 Å². The van der Waals surface area contributed by atoms with Crippen molar-refractivity contribution in [2.24, 2.45) is 0 Å². The Labute approximate surface area is 332 Å². The molecule has 0 fully saturated rings. The maximum Gasteiger partial charge on any atom is 0.268 e. The van der Waals surface area contributed by atoms with E-state index in [0.29, 0.717) is 24.1 Å². The Morgan fingerprint density at radius 3 is 1.57 bits per heavy atom. The average Bonchev–Trinajstić information content (AvgIpc) is 3.11. The molecule has 0 bridgehead atoms. The zero-order valence-electron chi connectivity index (χ0n) is 35.0. The standard InChI is InChI=1S/C44H82NO6PS/c1-6-8-10-12-14-16-18-20-22-23-24-25-27-29-31-33-35-37-44(46)53-43(42-51-52(47,48)50-40-38-45(3,4)5)41-49-39-36-34-32-30-28-26-21-19-17-15-13-11-9-7-2/h14,16,20,22,24-25,29,31,43H,6-13,15,17-19,21,23,26-28,30,32-42H2,1-5H3/b16-14+,22-20+,25-24+,31-29+/t43-/m0/s1. The third-order valence-corrected chi connectivity index (χ3v) is 10.9. The summed E-state index contributed by atoms with van der Waals surface area (Å²) < 4.78 is 29.2. The van der Waals surface area contributed by atoms with Crippen molar-refractivity contribution >= 4 is 24.7 Å². The summed E-state index contributed by atoms with van der Waals surface area (Å²) >= 11 is 1.14. The van der Waals surface area contributed by atoms with Gasteiger partial charge in [-0.3, -0.25) is 9.36 Å². The minimum absolute atomic E-state index is 0.0289. The van der Waals surface area contributed by atoms with E-state index in [9.17, 15) is 14.3 Å². The summed E-state index contributed by atoms with van der Waals surface area (Å²) in [4.78, 5) is 25.2. The molecule has 53 heavy (non-hydrogen) atoms. The lowest BCUT2D eigenvalue weighted by atomic mass is 10.0. The molecule has 9 heteroatoms. The van der Waals surface area contributed by atoms with Crippen LogP contribution >= 0.6 is 19.6 Å². The van der Waals surface area contributed by atoms with Crippen LogP contribution in [0.3, 0.4) is 0 Å². The molecule has 0 aliphatic carbocycles. The maximum atomic E-state index is 12.8. The van der Waals surface area contributed by atoms with Crippen LogP contribution in [0.1, 0.15) is 168 Å². The van der Waals surface area contributed by atoms with E-state index in [1.54, 1.807) is 0 Å². The van der Waals surface area contributed by atoms with Crippen LogP contribution in [0, 0.1) is 0 Å². The van der Waals surface area contributed by atoms with Crippen molar-refractivity contribution in [1.29, 1.82) is 0 Å². The number of likely N-dealkylation sites (N-methyl/N-ethyl adjacent to an activating group) is 1. The maximum absolute atomic E-state index is 12.8. The van der Waals surface area contributed by atoms with E-state index < -0.39 is 13.1 Å². The molecule has 2 atom stereocenters. The number of rotatable bonds is 39. The second kappa shape index (κ2) is 37.9. The summed E-state index contributed by atoms with van der Waals surface area (Å²) in [5.41, 5.74) is 0. The molecular weight excluding hydrogens is 702 g/mol. The molecular formula is C44H82NO6PS. The summed E-state index contributed by atoms with van der Waals surface area (Å²) in [6.45, 7) is 5.82. The van der Waals surface area contributed by atoms with Gasteiger partial charge < -0.3 is 23.2 Å². The molecule has 0 spiro atoms. The average molecular weight is 784 g/mol. The van der Waals surface area contributed by atoms with Crippen molar-refractivity contribution in [2.45, 2.75) is 173 Å². The third kappa shape index (κ3) is 42.0. The third-order valence-electron chi connectivity index (χ3n) is 8.88. The number of phosphoric acid groups is 1. The van der Waals surface area contributed by atoms with Crippen molar-refractivity contribution in [1.82, 2.24) is 0 Å². The highest BCUT2D eigenvalue weighted by atomic mass is 32.2. The van der Waals surface area contributed by atoms with Gasteiger partial charge in [-0.15, -0.1) is 0 Å². The number of hydrogen-bond acceptors (Lipinski definition) is 7. The molecule has 310 valence electrons. The number of phosphoric ester groups is 1. The molecule has 0 N–H and O–H groups in total. The number of nitrogens with zero attached hydrogens (tertiary/aromatic N) is 1. The molecule has 0 rings (SSSR count). The quantitative estimate of drug-likeness (QED) is 0.0266. The van der Waals surface area contributed by atoms with Crippen LogP contribution in [0.4, 0.5) is 0 Å². The summed E-state index contributed by atoms with van der Waals surface area (Å²) in [5, 5.41) is -0.378. The Bertz CT molecular complexity index is 993. The number of allylic oxidation sites excluding steroid dienone is 8. The molecule has 0 aromatic rings. The highest BCUT2D eigenvalue weighted by molar-refractivity contribution is 8.14. The second-order valence-electron chi connectivity index (χ2n) is 15.4. The van der Waals surface area contributed by atoms with Gasteiger partial charge in [0.15, 0.2) is 5.12 Å². The van der Waals surface area contributed by atoms with Crippen molar-refractivity contribution in [2.75, 3.05) is 54.1 Å². The number of ether oxygens (including phenoxy) is 1. The van der Waals surface area contributed by atoms with E-state index in [0.717, 1.165) is 56.7 Å². The highest BCUT2D eigenvalue weighted by Crippen LogP contribution is 2.39. The SMILES string of the molecule is CCCCC/C=C/C/C=C/C/C=C/C/C=C/CCCC(=O)S[C@@H](COCCCCCCCCCCCCCCCC)COP(=O)([O-])OCC[N+](C)(C)C. The first-order chi connectivity index (χ1) is 25.6. The Kier molecular flexibility index (Phi) is 37.2. The Morgan fingerprint density at radius 1 is 0.604 bits per heavy atom. The van der Waals surface area contributed by atoms with Crippen LogP contribution < -0.4 is 4.89 Å². The molecule has 0 saturated carbocycles. The lowest BCUT2D eigenvalue weighted by molar-refractivity contribution is -0.870. The van der Waals surface area contributed by atoms with Crippen molar-refractivity contribution in [3.05, 3.63) is 48.6 Å². The normalized spacial score (nSPS) is 14.4. The largest absolute Gasteiger partial charge is 0.756 e. The fraction of sp³-hybridized carbons (Fsp3) is 0.795. The summed E-state index contributed by atoms with van der Waals surface area (Å²) in [6.07, 6.45) is 45.7. The zero-order valence-corrected chi connectivity index (χ0v) is 36.7. The summed E-state index contributed by atoms with van der Waals surface area (Å²) in [7, 11) is 1.44. The van der Waals surface area contributed by atoms with Gasteiger partial charge in [0.1, 0.15) is 13.2 Å². The molecule has 0 radical (unpaired) electrons. The Hall–Kier alpha value is -0.990. The van der Waals surface area contributed by atoms with Gasteiger partial charge in [0.05, 0.1) is 39.6 Å². The van der Waals surface area contributed by atoms with Crippen LogP contribution in [-0.4, -0.2) is 69.0 Å². The van der Waals surface area contributed by atoms with Gasteiger partial charge in [0, 0.05) is 13.0 Å². The first-order valence-corrected chi connectivity index (χ1v) is 23.7. The molecule has 1 unspecified atom stereocenters. The zero-order chi connectivity index (χ0) is 39.1. The van der Waals surface area contributed by atoms with E-state index in [1.165, 1.54) is 103 Å². The van der Waals surface area contributed by atoms with Crippen molar-refractivity contribution in [3.63, 3.8) is 0 Å². The number of carbonyl (C=O) groups excluding carboxylic acids is 1. The van der Waals surface area contributed by atoms with Crippen molar-refractivity contribution < 1.29 is 32.5 Å². The van der Waals surface area contributed by atoms with Gasteiger partial charge in [-0.1, -0.05) is 171 Å². The Balaban J connectivity index is 4.36. The topological polar surface area (TPSA) is 84.9 Å². The molecule has 7 nitrogen and oxygen atoms in total. The van der Waals surface area contributed by atoms with Gasteiger partial charge in [0.25, 0.3) is 7.82 Å². The van der Waals surface area contributed by atoms with Gasteiger partial charge in [-0.05, 0) is 51.4 Å². The van der Waals surface area contributed by atoms with Gasteiger partial charge in [-0.25, -0.2) is 0 Å². The Morgan fingerprint density at radius 2 is 1.06 bits per heavy atom. The van der Waals surface area contributed by atoms with Gasteiger partial charge >= 0.3 is 0 Å². The smallest absolute Gasteiger partial charge is 0.268 e. The fourth-order valence-electron chi connectivity index (χ4n) is 5.54. The van der Waals surface area contributed by atoms with E-state index in [4.69, 9.17) is 13.8 Å². The first-order valence-electron chi connectivity index (χ1n) is 21.4. The highest BCUT2D eigenvalue weighted by Gasteiger charge is 2.20. The molecule has 0 saturated heterocycles. The lowest BCUT2D eigenvalue weighted by Crippen LogP contribution is -2.37. The van der Waals surface area contributed by atoms with Crippen LogP contribution in [0.2, 0.25) is 0 Å². The van der Waals surface area contributed by atoms with E-state index >= 15 is 0 Å². The van der Waals surface area contributed by atoms with E-state index in [-0.39, 0.29) is 24.9 Å². The lowest BCUT2D eigenvalue weighted by Gasteiger charge is -2.28. The molecule has 0 aliphatic rings. The number of unbranched alkanes of at least 4 members (excludes halogenated alkanes) is 17. The van der Waals surface area contributed by atoms with Crippen LogP contribution in [-0.2, 0) is 23.1 Å². The predicted molar refractivity (Wildman–Crippen MR) is 228 cm³/mol. The number of quaternary nitrogens is 1. The summed E-state index contributed by atoms with van der Waals surface area (Å²) in [6, 6.07) is 0. The fourth-order valence-corrected chi connectivity index (χ4v) is 7.32. The van der Waals surface area contributed by atoms with Crippen LogP contribution in [0.5, 0.6) is 0 Å². The second-order valence-corrected chi connectivity index (χ2v) is 18.1. The molecule has 0 amide bonds. The minimum Gasteiger partial charge on any atom is -0.756 e. The van der Waals surface area contributed by atoms with Crippen LogP contribution in [0.15, 0.2) is 48.6 Å². The molecule has 0 aliphatic heterocycles. The van der Waals surface area contributed by atoms with E-state index in [1.807, 2.05) is 21.1 Å². The summed E-state index contributed by atoms with van der Waals surface area (Å²) in [5.74, 6) is 0. The molecule has 0 heterocycles.